The van der Waals surface area contributed by atoms with Crippen LogP contribution in [0, 0.1) is 6.92 Å². The van der Waals surface area contributed by atoms with Crippen molar-refractivity contribution in [2.24, 2.45) is 0 Å². The Labute approximate surface area is 142 Å². The van der Waals surface area contributed by atoms with Gasteiger partial charge in [-0.25, -0.2) is 4.79 Å². The molecule has 0 bridgehead atoms. The lowest BCUT2D eigenvalue weighted by Crippen LogP contribution is -2.51. The second-order valence-electron chi connectivity index (χ2n) is 7.36. The summed E-state index contributed by atoms with van der Waals surface area (Å²) in [5, 5.41) is 0. The first-order valence-electron chi connectivity index (χ1n) is 8.28. The van der Waals surface area contributed by atoms with Crippen LogP contribution in [-0.2, 0) is 4.74 Å². The highest BCUT2D eigenvalue weighted by Gasteiger charge is 2.36. The van der Waals surface area contributed by atoms with E-state index in [0.717, 1.165) is 29.0 Å². The normalized spacial score (nSPS) is 22.0. The zero-order valence-corrected chi connectivity index (χ0v) is 15.5. The van der Waals surface area contributed by atoms with Crippen LogP contribution in [0.3, 0.4) is 0 Å². The van der Waals surface area contributed by atoms with Gasteiger partial charge in [0.25, 0.3) is 0 Å². The van der Waals surface area contributed by atoms with E-state index in [-0.39, 0.29) is 24.0 Å². The maximum Gasteiger partial charge on any atom is 0.410 e. The highest BCUT2D eigenvalue weighted by atomic mass is 32.1. The average Bonchev–Trinajstić information content (AvgIpc) is 2.83. The number of aryl methyl sites for hydroxylation is 1. The Balaban J connectivity index is 2.10. The van der Waals surface area contributed by atoms with Gasteiger partial charge >= 0.3 is 6.09 Å². The number of hydrogen-bond donors (Lipinski definition) is 0. The summed E-state index contributed by atoms with van der Waals surface area (Å²) in [6, 6.07) is 3.89. The molecule has 0 aliphatic carbocycles. The summed E-state index contributed by atoms with van der Waals surface area (Å²) in [5.74, 6) is 0.121. The minimum atomic E-state index is -0.520. The lowest BCUT2D eigenvalue weighted by molar-refractivity contribution is -0.00303. The average molecular weight is 337 g/mol. The minimum absolute atomic E-state index is 0.0662. The van der Waals surface area contributed by atoms with Crippen molar-refractivity contribution in [2.75, 3.05) is 0 Å². The van der Waals surface area contributed by atoms with Gasteiger partial charge in [0, 0.05) is 23.4 Å². The third-order valence-corrected chi connectivity index (χ3v) is 5.11. The van der Waals surface area contributed by atoms with Gasteiger partial charge in [-0.05, 0) is 66.0 Å². The Morgan fingerprint density at radius 2 is 2.00 bits per heavy atom. The third kappa shape index (κ3) is 4.80. The molecule has 4 nitrogen and oxygen atoms in total. The molecule has 1 amide bonds. The smallest absolute Gasteiger partial charge is 0.410 e. The molecule has 1 aromatic heterocycles. The number of ether oxygens (including phenoxy) is 1. The number of ketones is 1. The fourth-order valence-corrected chi connectivity index (χ4v) is 3.85. The minimum Gasteiger partial charge on any atom is -0.444 e. The number of carbonyl (C=O) groups excluding carboxylic acids is 2. The zero-order valence-electron chi connectivity index (χ0n) is 14.7. The lowest BCUT2D eigenvalue weighted by Gasteiger charge is -2.41. The highest BCUT2D eigenvalue weighted by Crippen LogP contribution is 2.29. The van der Waals surface area contributed by atoms with E-state index in [9.17, 15) is 9.59 Å². The SMILES string of the molecule is Cc1ccc(C(=O)CC2CCCC(C)N2C(=O)OC(C)(C)C)s1. The second kappa shape index (κ2) is 7.04. The van der Waals surface area contributed by atoms with E-state index < -0.39 is 5.60 Å². The van der Waals surface area contributed by atoms with Crippen molar-refractivity contribution in [2.45, 2.75) is 78.0 Å². The molecule has 2 atom stereocenters. The number of rotatable bonds is 3. The zero-order chi connectivity index (χ0) is 17.2. The number of Topliss-reactive ketones (excluding diaryl/α,β-unsaturated/α-hetero) is 1. The van der Waals surface area contributed by atoms with Crippen molar-refractivity contribution >= 4 is 23.2 Å². The van der Waals surface area contributed by atoms with E-state index in [1.807, 2.05) is 46.8 Å². The van der Waals surface area contributed by atoms with Crippen LogP contribution >= 0.6 is 11.3 Å². The standard InChI is InChI=1S/C18H27NO3S/c1-12-7-6-8-14(19(12)17(21)22-18(3,4)5)11-15(20)16-10-9-13(2)23-16/h9-10,12,14H,6-8,11H2,1-5H3. The van der Waals surface area contributed by atoms with Crippen molar-refractivity contribution in [3.8, 4) is 0 Å². The van der Waals surface area contributed by atoms with Gasteiger partial charge in [0.15, 0.2) is 5.78 Å². The molecular formula is C18H27NO3S. The molecule has 23 heavy (non-hydrogen) atoms. The summed E-state index contributed by atoms with van der Waals surface area (Å²) < 4.78 is 5.55. The molecule has 1 aromatic rings. The summed E-state index contributed by atoms with van der Waals surface area (Å²) >= 11 is 1.52. The van der Waals surface area contributed by atoms with E-state index in [1.165, 1.54) is 11.3 Å². The van der Waals surface area contributed by atoms with Crippen LogP contribution in [0.15, 0.2) is 12.1 Å². The molecule has 0 spiro atoms. The van der Waals surface area contributed by atoms with E-state index in [1.54, 1.807) is 4.90 Å². The molecule has 2 heterocycles. The summed E-state index contributed by atoms with van der Waals surface area (Å²) in [5.41, 5.74) is -0.520. The van der Waals surface area contributed by atoms with Crippen molar-refractivity contribution in [1.82, 2.24) is 4.90 Å². The fourth-order valence-electron chi connectivity index (χ4n) is 3.03. The number of piperidine rings is 1. The number of likely N-dealkylation sites (tertiary alicyclic amines) is 1. The van der Waals surface area contributed by atoms with Crippen LogP contribution in [0.2, 0.25) is 0 Å². The summed E-state index contributed by atoms with van der Waals surface area (Å²) in [6.45, 7) is 9.64. The molecule has 1 saturated heterocycles. The molecule has 128 valence electrons. The first-order valence-corrected chi connectivity index (χ1v) is 9.10. The molecule has 0 saturated carbocycles. The maximum atomic E-state index is 12.6. The topological polar surface area (TPSA) is 46.6 Å². The molecule has 0 radical (unpaired) electrons. The van der Waals surface area contributed by atoms with Crippen molar-refractivity contribution in [1.29, 1.82) is 0 Å². The van der Waals surface area contributed by atoms with Gasteiger partial charge in [-0.2, -0.15) is 0 Å². The van der Waals surface area contributed by atoms with Crippen molar-refractivity contribution in [3.63, 3.8) is 0 Å². The summed E-state index contributed by atoms with van der Waals surface area (Å²) in [4.78, 5) is 28.8. The van der Waals surface area contributed by atoms with E-state index in [0.29, 0.717) is 6.42 Å². The van der Waals surface area contributed by atoms with Crippen LogP contribution in [0.25, 0.3) is 0 Å². The third-order valence-electron chi connectivity index (χ3n) is 4.07. The first kappa shape index (κ1) is 18.0. The Bertz CT molecular complexity index is 573. The highest BCUT2D eigenvalue weighted by molar-refractivity contribution is 7.14. The largest absolute Gasteiger partial charge is 0.444 e. The Kier molecular flexibility index (Phi) is 5.50. The number of thiophene rings is 1. The maximum absolute atomic E-state index is 12.6. The molecule has 2 unspecified atom stereocenters. The number of hydrogen-bond acceptors (Lipinski definition) is 4. The van der Waals surface area contributed by atoms with Crippen LogP contribution in [-0.4, -0.2) is 34.5 Å². The van der Waals surface area contributed by atoms with Gasteiger partial charge in [-0.1, -0.05) is 0 Å². The molecule has 0 N–H and O–H groups in total. The van der Waals surface area contributed by atoms with Gasteiger partial charge in [-0.3, -0.25) is 4.79 Å². The van der Waals surface area contributed by atoms with Crippen molar-refractivity contribution < 1.29 is 14.3 Å². The van der Waals surface area contributed by atoms with Crippen LogP contribution < -0.4 is 0 Å². The Morgan fingerprint density at radius 3 is 2.57 bits per heavy atom. The van der Waals surface area contributed by atoms with E-state index in [2.05, 4.69) is 0 Å². The monoisotopic (exact) mass is 337 g/mol. The molecule has 1 aliphatic heterocycles. The number of carbonyl (C=O) groups is 2. The van der Waals surface area contributed by atoms with Gasteiger partial charge in [-0.15, -0.1) is 11.3 Å². The molecule has 5 heteroatoms. The summed E-state index contributed by atoms with van der Waals surface area (Å²) in [7, 11) is 0. The van der Waals surface area contributed by atoms with Gasteiger partial charge in [0.2, 0.25) is 0 Å². The van der Waals surface area contributed by atoms with Crippen LogP contribution in [0.5, 0.6) is 0 Å². The summed E-state index contributed by atoms with van der Waals surface area (Å²) in [6.07, 6.45) is 2.94. The lowest BCUT2D eigenvalue weighted by atomic mass is 9.93. The van der Waals surface area contributed by atoms with Crippen molar-refractivity contribution in [3.05, 3.63) is 21.9 Å². The van der Waals surface area contributed by atoms with Gasteiger partial charge in [0.05, 0.1) is 4.88 Å². The quantitative estimate of drug-likeness (QED) is 0.744. The van der Waals surface area contributed by atoms with Crippen LogP contribution in [0.1, 0.15) is 67.9 Å². The Hall–Kier alpha value is -1.36. The second-order valence-corrected chi connectivity index (χ2v) is 8.65. The number of amides is 1. The number of nitrogens with zero attached hydrogens (tertiary/aromatic N) is 1. The molecule has 0 aromatic carbocycles. The molecule has 1 aliphatic rings. The van der Waals surface area contributed by atoms with E-state index in [4.69, 9.17) is 4.74 Å². The Morgan fingerprint density at radius 1 is 1.30 bits per heavy atom. The molecule has 1 fully saturated rings. The van der Waals surface area contributed by atoms with Gasteiger partial charge < -0.3 is 9.64 Å². The van der Waals surface area contributed by atoms with Crippen LogP contribution in [0.4, 0.5) is 4.79 Å². The predicted molar refractivity (Wildman–Crippen MR) is 93.2 cm³/mol. The first-order chi connectivity index (χ1) is 10.7. The van der Waals surface area contributed by atoms with E-state index >= 15 is 0 Å². The molecular weight excluding hydrogens is 310 g/mol. The van der Waals surface area contributed by atoms with Gasteiger partial charge in [0.1, 0.15) is 5.60 Å². The fraction of sp³-hybridized carbons (Fsp3) is 0.667. The predicted octanol–water partition coefficient (Wildman–Crippen LogP) is 4.81. The molecule has 2 rings (SSSR count).